The Morgan fingerprint density at radius 3 is 1.74 bits per heavy atom. The van der Waals surface area contributed by atoms with Crippen LogP contribution in [0.3, 0.4) is 0 Å². The molecule has 0 atom stereocenters. The zero-order chi connectivity index (χ0) is 15.0. The molecule has 0 aliphatic carbocycles. The monoisotopic (exact) mass is 392 g/mol. The number of sulfone groups is 1. The molecule has 0 aliphatic rings. The maximum atomic E-state index is 11.7. The summed E-state index contributed by atoms with van der Waals surface area (Å²) in [5.41, 5.74) is -1.55. The number of nitro groups is 2. The van der Waals surface area contributed by atoms with Gasteiger partial charge in [0.15, 0.2) is 4.47 Å². The maximum absolute atomic E-state index is 11.7. The Labute approximate surface area is 124 Å². The van der Waals surface area contributed by atoms with Crippen molar-refractivity contribution >= 4 is 60.3 Å². The third-order valence-corrected chi connectivity index (χ3v) is 5.55. The molecule has 12 heteroatoms. The Balaban J connectivity index is 3.71. The van der Waals surface area contributed by atoms with Crippen molar-refractivity contribution < 1.29 is 18.3 Å². The molecule has 0 spiro atoms. The second kappa shape index (κ2) is 5.57. The normalized spacial score (nSPS) is 11.6. The van der Waals surface area contributed by atoms with E-state index >= 15 is 0 Å². The molecular formula is C7H3BrCl2N2O6S. The van der Waals surface area contributed by atoms with Gasteiger partial charge in [-0.05, 0) is 15.9 Å². The third kappa shape index (κ3) is 3.14. The number of nitrogens with zero attached hydrogens (tertiary/aromatic N) is 2. The summed E-state index contributed by atoms with van der Waals surface area (Å²) in [6.07, 6.45) is 0. The van der Waals surface area contributed by atoms with Crippen molar-refractivity contribution in [1.29, 1.82) is 0 Å². The molecule has 1 aromatic carbocycles. The van der Waals surface area contributed by atoms with Crippen LogP contribution in [0.15, 0.2) is 21.5 Å². The summed E-state index contributed by atoms with van der Waals surface area (Å²) < 4.78 is 21.0. The van der Waals surface area contributed by atoms with E-state index in [9.17, 15) is 28.6 Å². The molecule has 0 aliphatic heterocycles. The van der Waals surface area contributed by atoms with E-state index in [0.29, 0.717) is 12.1 Å². The molecule has 104 valence electrons. The van der Waals surface area contributed by atoms with Gasteiger partial charge in [0.05, 0.1) is 14.7 Å². The summed E-state index contributed by atoms with van der Waals surface area (Å²) >= 11 is 13.1. The summed E-state index contributed by atoms with van der Waals surface area (Å²) in [7, 11) is -4.30. The van der Waals surface area contributed by atoms with Gasteiger partial charge in [-0.15, -0.1) is 0 Å². The largest absolute Gasteiger partial charge is 0.291 e. The van der Waals surface area contributed by atoms with E-state index < -0.39 is 44.6 Å². The van der Waals surface area contributed by atoms with Gasteiger partial charge in [0, 0.05) is 12.1 Å². The Hall–Kier alpha value is -0.970. The molecule has 0 heterocycles. The first-order valence-electron chi connectivity index (χ1n) is 4.23. The molecule has 0 saturated heterocycles. The van der Waals surface area contributed by atoms with Gasteiger partial charge in [-0.2, -0.15) is 0 Å². The number of hydrogen-bond donors (Lipinski definition) is 0. The van der Waals surface area contributed by atoms with E-state index in [1.165, 1.54) is 0 Å². The molecule has 0 aromatic heterocycles. The molecule has 0 N–H and O–H groups in total. The molecule has 19 heavy (non-hydrogen) atoms. The summed E-state index contributed by atoms with van der Waals surface area (Å²) in [6, 6.07) is 1.29. The SMILES string of the molecule is O=[N+]([O-])c1cc(S(=O)(=O)C(Cl)Cl)cc([N+](=O)[O-])c1Br. The number of alkyl halides is 2. The summed E-state index contributed by atoms with van der Waals surface area (Å²) in [6.45, 7) is 0. The van der Waals surface area contributed by atoms with Crippen LogP contribution < -0.4 is 0 Å². The highest BCUT2D eigenvalue weighted by Crippen LogP contribution is 2.38. The number of benzene rings is 1. The number of hydrogen-bond acceptors (Lipinski definition) is 6. The molecule has 0 radical (unpaired) electrons. The van der Waals surface area contributed by atoms with Crippen LogP contribution in [0, 0.1) is 20.2 Å². The predicted octanol–water partition coefficient (Wildman–Crippen LogP) is 2.80. The van der Waals surface area contributed by atoms with Crippen LogP contribution in [-0.4, -0.2) is 22.4 Å². The number of halogens is 3. The average molecular weight is 394 g/mol. The molecular weight excluding hydrogens is 391 g/mol. The fraction of sp³-hybridized carbons (Fsp3) is 0.143. The van der Waals surface area contributed by atoms with Crippen LogP contribution in [0.1, 0.15) is 0 Å². The molecule has 0 fully saturated rings. The Morgan fingerprint density at radius 1 is 1.11 bits per heavy atom. The molecule has 1 aromatic rings. The molecule has 0 saturated carbocycles. The average Bonchev–Trinajstić information content (AvgIpc) is 2.27. The number of rotatable bonds is 4. The first kappa shape index (κ1) is 16.1. The van der Waals surface area contributed by atoms with Gasteiger partial charge in [-0.1, -0.05) is 23.2 Å². The first-order valence-corrected chi connectivity index (χ1v) is 7.44. The van der Waals surface area contributed by atoms with Crippen LogP contribution in [0.4, 0.5) is 11.4 Å². The van der Waals surface area contributed by atoms with E-state index in [1.807, 2.05) is 0 Å². The van der Waals surface area contributed by atoms with Gasteiger partial charge in [-0.3, -0.25) is 20.2 Å². The van der Waals surface area contributed by atoms with Gasteiger partial charge in [-0.25, -0.2) is 8.42 Å². The van der Waals surface area contributed by atoms with Crippen LogP contribution in [0.25, 0.3) is 0 Å². The van der Waals surface area contributed by atoms with Crippen molar-refractivity contribution in [2.45, 2.75) is 9.06 Å². The van der Waals surface area contributed by atoms with Crippen LogP contribution in [0.5, 0.6) is 0 Å². The predicted molar refractivity (Wildman–Crippen MR) is 70.1 cm³/mol. The quantitative estimate of drug-likeness (QED) is 0.440. The lowest BCUT2D eigenvalue weighted by Crippen LogP contribution is -2.10. The smallest absolute Gasteiger partial charge is 0.258 e. The first-order chi connectivity index (χ1) is 8.59. The van der Waals surface area contributed by atoms with E-state index in [1.54, 1.807) is 0 Å². The molecule has 0 unspecified atom stereocenters. The van der Waals surface area contributed by atoms with Crippen LogP contribution in [-0.2, 0) is 9.84 Å². The highest BCUT2D eigenvalue weighted by Gasteiger charge is 2.31. The minimum absolute atomic E-state index is 0.442. The van der Waals surface area contributed by atoms with Crippen molar-refractivity contribution in [1.82, 2.24) is 0 Å². The van der Waals surface area contributed by atoms with Crippen molar-refractivity contribution in [3.8, 4) is 0 Å². The minimum Gasteiger partial charge on any atom is -0.258 e. The lowest BCUT2D eigenvalue weighted by Gasteiger charge is -2.06. The maximum Gasteiger partial charge on any atom is 0.291 e. The lowest BCUT2D eigenvalue weighted by atomic mass is 10.3. The summed E-state index contributed by atoms with van der Waals surface area (Å²) in [5, 5.41) is 21.5. The van der Waals surface area contributed by atoms with Crippen molar-refractivity contribution in [2.75, 3.05) is 0 Å². The van der Waals surface area contributed by atoms with Crippen molar-refractivity contribution in [3.05, 3.63) is 36.8 Å². The van der Waals surface area contributed by atoms with Crippen molar-refractivity contribution in [3.63, 3.8) is 0 Å². The minimum atomic E-state index is -4.30. The van der Waals surface area contributed by atoms with Crippen LogP contribution >= 0.6 is 39.1 Å². The fourth-order valence-electron chi connectivity index (χ4n) is 1.10. The van der Waals surface area contributed by atoms with Gasteiger partial charge in [0.1, 0.15) is 0 Å². The Kier molecular flexibility index (Phi) is 4.72. The third-order valence-electron chi connectivity index (χ3n) is 1.96. The second-order valence-electron chi connectivity index (χ2n) is 3.10. The van der Waals surface area contributed by atoms with Gasteiger partial charge < -0.3 is 0 Å². The van der Waals surface area contributed by atoms with Gasteiger partial charge in [0.25, 0.3) is 11.4 Å². The van der Waals surface area contributed by atoms with Crippen molar-refractivity contribution in [2.24, 2.45) is 0 Å². The van der Waals surface area contributed by atoms with E-state index in [0.717, 1.165) is 0 Å². The summed E-state index contributed by atoms with van der Waals surface area (Å²) in [5.74, 6) is 0. The van der Waals surface area contributed by atoms with E-state index in [-0.39, 0.29) is 0 Å². The zero-order valence-corrected chi connectivity index (χ0v) is 12.5. The Morgan fingerprint density at radius 2 is 1.47 bits per heavy atom. The highest BCUT2D eigenvalue weighted by molar-refractivity contribution is 9.10. The molecule has 0 bridgehead atoms. The lowest BCUT2D eigenvalue weighted by molar-refractivity contribution is -0.396. The summed E-state index contributed by atoms with van der Waals surface area (Å²) in [4.78, 5) is 18.8. The molecule has 1 rings (SSSR count). The zero-order valence-electron chi connectivity index (χ0n) is 8.62. The molecule has 0 amide bonds. The van der Waals surface area contributed by atoms with Crippen LogP contribution in [0.2, 0.25) is 0 Å². The molecule has 8 nitrogen and oxygen atoms in total. The van der Waals surface area contributed by atoms with E-state index in [4.69, 9.17) is 23.2 Å². The standard InChI is InChI=1S/C7H3BrCl2N2O6S/c8-6-4(11(13)14)1-3(2-5(6)12(15)16)19(17,18)7(9)10/h1-2,7H. The highest BCUT2D eigenvalue weighted by atomic mass is 79.9. The topological polar surface area (TPSA) is 120 Å². The Bertz CT molecular complexity index is 627. The number of nitro benzene ring substituents is 2. The van der Waals surface area contributed by atoms with Gasteiger partial charge >= 0.3 is 0 Å². The van der Waals surface area contributed by atoms with E-state index in [2.05, 4.69) is 15.9 Å². The fourth-order valence-corrected chi connectivity index (χ4v) is 3.00. The van der Waals surface area contributed by atoms with Gasteiger partial charge in [0.2, 0.25) is 14.0 Å². The second-order valence-corrected chi connectivity index (χ2v) is 7.54.